The number of hydrogen-bond donors (Lipinski definition) is 2. The number of piperidine rings is 1. The normalized spacial score (nSPS) is 15.8. The predicted molar refractivity (Wildman–Crippen MR) is 123 cm³/mol. The van der Waals surface area contributed by atoms with Gasteiger partial charge in [-0.05, 0) is 56.9 Å². The van der Waals surface area contributed by atoms with Gasteiger partial charge in [-0.1, -0.05) is 6.92 Å². The van der Waals surface area contributed by atoms with Crippen molar-refractivity contribution in [2.45, 2.75) is 32.7 Å². The first kappa shape index (κ1) is 23.8. The molecule has 0 aliphatic carbocycles. The summed E-state index contributed by atoms with van der Waals surface area (Å²) in [5, 5.41) is 6.79. The number of nitrogens with one attached hydrogen (secondary N) is 2. The largest absolute Gasteiger partial charge is 0.497 e. The topological polar surface area (TPSA) is 58.1 Å². The fourth-order valence-corrected chi connectivity index (χ4v) is 3.38. The zero-order valence-corrected chi connectivity index (χ0v) is 19.4. The van der Waals surface area contributed by atoms with Crippen molar-refractivity contribution in [3.63, 3.8) is 0 Å². The maximum Gasteiger partial charge on any atom is 0.191 e. The Labute approximate surface area is 181 Å². The molecule has 0 atom stereocenters. The number of halogens is 1. The number of rotatable bonds is 8. The van der Waals surface area contributed by atoms with E-state index in [9.17, 15) is 0 Å². The molecule has 0 unspecified atom stereocenters. The molecule has 0 bridgehead atoms. The second-order valence-corrected chi connectivity index (χ2v) is 6.70. The van der Waals surface area contributed by atoms with Crippen LogP contribution in [0.15, 0.2) is 23.2 Å². The van der Waals surface area contributed by atoms with Crippen LogP contribution in [0.1, 0.15) is 31.7 Å². The molecule has 6 nitrogen and oxygen atoms in total. The zero-order chi connectivity index (χ0) is 18.8. The van der Waals surface area contributed by atoms with Crippen LogP contribution in [0.5, 0.6) is 11.5 Å². The van der Waals surface area contributed by atoms with Gasteiger partial charge >= 0.3 is 0 Å². The Kier molecular flexibility index (Phi) is 11.5. The van der Waals surface area contributed by atoms with Gasteiger partial charge in [0.05, 0.1) is 14.2 Å². The summed E-state index contributed by atoms with van der Waals surface area (Å²) in [5.74, 6) is 3.26. The molecule has 0 saturated carbocycles. The lowest BCUT2D eigenvalue weighted by Crippen LogP contribution is -2.39. The van der Waals surface area contributed by atoms with Gasteiger partial charge in [-0.3, -0.25) is 4.99 Å². The number of ether oxygens (including phenoxy) is 2. The Morgan fingerprint density at radius 1 is 1.19 bits per heavy atom. The van der Waals surface area contributed by atoms with Crippen LogP contribution in [0.4, 0.5) is 0 Å². The first-order valence-corrected chi connectivity index (χ1v) is 9.57. The van der Waals surface area contributed by atoms with Crippen molar-refractivity contribution in [3.8, 4) is 11.5 Å². The van der Waals surface area contributed by atoms with E-state index in [4.69, 9.17) is 9.47 Å². The molecule has 27 heavy (non-hydrogen) atoms. The Bertz CT molecular complexity index is 575. The number of hydrogen-bond acceptors (Lipinski definition) is 4. The van der Waals surface area contributed by atoms with Crippen LogP contribution in [-0.2, 0) is 6.54 Å². The monoisotopic (exact) mass is 490 g/mol. The highest BCUT2D eigenvalue weighted by Gasteiger charge is 2.17. The molecule has 0 amide bonds. The predicted octanol–water partition coefficient (Wildman–Crippen LogP) is 3.11. The number of aliphatic imine (C=N–C) groups is 1. The molecule has 1 aromatic carbocycles. The second kappa shape index (κ2) is 13.0. The summed E-state index contributed by atoms with van der Waals surface area (Å²) in [6.07, 6.45) is 3.82. The molecule has 7 heteroatoms. The van der Waals surface area contributed by atoms with Crippen LogP contribution in [0.25, 0.3) is 0 Å². The third-order valence-electron chi connectivity index (χ3n) is 5.16. The van der Waals surface area contributed by atoms with E-state index in [2.05, 4.69) is 27.4 Å². The standard InChI is InChI=1S/C20H34N4O2.HI/c1-5-24-12-9-16(10-13-24)8-11-22-20(21-2)23-15-17-6-7-18(25-3)14-19(17)26-4;/h6-7,14,16H,5,8-13,15H2,1-4H3,(H2,21,22,23);1H. The van der Waals surface area contributed by atoms with Gasteiger partial charge in [-0.15, -0.1) is 24.0 Å². The molecule has 154 valence electrons. The summed E-state index contributed by atoms with van der Waals surface area (Å²) in [7, 11) is 5.14. The van der Waals surface area contributed by atoms with Crippen LogP contribution < -0.4 is 20.1 Å². The van der Waals surface area contributed by atoms with Gasteiger partial charge in [0.2, 0.25) is 0 Å². The van der Waals surface area contributed by atoms with Crippen LogP contribution in [0.2, 0.25) is 0 Å². The van der Waals surface area contributed by atoms with Crippen molar-refractivity contribution in [2.24, 2.45) is 10.9 Å². The van der Waals surface area contributed by atoms with Crippen LogP contribution >= 0.6 is 24.0 Å². The molecule has 1 aliphatic heterocycles. The van der Waals surface area contributed by atoms with Gasteiger partial charge in [0.1, 0.15) is 11.5 Å². The minimum atomic E-state index is 0. The maximum absolute atomic E-state index is 5.45. The fraction of sp³-hybridized carbons (Fsp3) is 0.650. The van der Waals surface area contributed by atoms with E-state index in [-0.39, 0.29) is 24.0 Å². The van der Waals surface area contributed by atoms with Gasteiger partial charge < -0.3 is 25.0 Å². The quantitative estimate of drug-likeness (QED) is 0.333. The summed E-state index contributed by atoms with van der Waals surface area (Å²) in [5.41, 5.74) is 1.07. The van der Waals surface area contributed by atoms with Crippen molar-refractivity contribution in [1.29, 1.82) is 0 Å². The third-order valence-corrected chi connectivity index (χ3v) is 5.16. The lowest BCUT2D eigenvalue weighted by molar-refractivity contribution is 0.187. The number of methoxy groups -OCH3 is 2. The molecule has 1 aromatic rings. The van der Waals surface area contributed by atoms with Gasteiger partial charge in [-0.25, -0.2) is 0 Å². The van der Waals surface area contributed by atoms with Crippen molar-refractivity contribution < 1.29 is 9.47 Å². The van der Waals surface area contributed by atoms with Crippen LogP contribution in [0, 0.1) is 5.92 Å². The van der Waals surface area contributed by atoms with Crippen LogP contribution in [0.3, 0.4) is 0 Å². The Morgan fingerprint density at radius 2 is 1.93 bits per heavy atom. The molecule has 0 aromatic heterocycles. The highest BCUT2D eigenvalue weighted by Crippen LogP contribution is 2.24. The highest BCUT2D eigenvalue weighted by atomic mass is 127. The number of nitrogens with zero attached hydrogens (tertiary/aromatic N) is 2. The molecule has 1 heterocycles. The lowest BCUT2D eigenvalue weighted by Gasteiger charge is -2.31. The summed E-state index contributed by atoms with van der Waals surface area (Å²) in [4.78, 5) is 6.86. The van der Waals surface area contributed by atoms with E-state index in [0.29, 0.717) is 6.54 Å². The van der Waals surface area contributed by atoms with Gasteiger partial charge in [-0.2, -0.15) is 0 Å². The van der Waals surface area contributed by atoms with Crippen molar-refractivity contribution in [2.75, 3.05) is 47.4 Å². The van der Waals surface area contributed by atoms with Crippen molar-refractivity contribution in [1.82, 2.24) is 15.5 Å². The smallest absolute Gasteiger partial charge is 0.191 e. The molecule has 0 spiro atoms. The highest BCUT2D eigenvalue weighted by molar-refractivity contribution is 14.0. The summed E-state index contributed by atoms with van der Waals surface area (Å²) in [6.45, 7) is 7.51. The molecule has 0 radical (unpaired) electrons. The Morgan fingerprint density at radius 3 is 2.52 bits per heavy atom. The van der Waals surface area contributed by atoms with Gasteiger partial charge in [0, 0.05) is 31.8 Å². The molecule has 2 rings (SSSR count). The average molecular weight is 490 g/mol. The third kappa shape index (κ3) is 7.73. The zero-order valence-electron chi connectivity index (χ0n) is 17.1. The van der Waals surface area contributed by atoms with E-state index in [0.717, 1.165) is 35.5 Å². The number of benzene rings is 1. The summed E-state index contributed by atoms with van der Waals surface area (Å²) in [6, 6.07) is 5.85. The molecule has 1 aliphatic rings. The first-order chi connectivity index (χ1) is 12.7. The fourth-order valence-electron chi connectivity index (χ4n) is 3.38. The molecule has 1 saturated heterocycles. The molecular formula is C20H35IN4O2. The first-order valence-electron chi connectivity index (χ1n) is 9.57. The average Bonchev–Trinajstić information content (AvgIpc) is 2.70. The molecule has 1 fully saturated rings. The molecular weight excluding hydrogens is 455 g/mol. The lowest BCUT2D eigenvalue weighted by atomic mass is 9.93. The minimum absolute atomic E-state index is 0. The van der Waals surface area contributed by atoms with E-state index < -0.39 is 0 Å². The Hall–Kier alpha value is -1.22. The van der Waals surface area contributed by atoms with E-state index in [1.54, 1.807) is 21.3 Å². The van der Waals surface area contributed by atoms with Crippen molar-refractivity contribution in [3.05, 3.63) is 23.8 Å². The van der Waals surface area contributed by atoms with Gasteiger partial charge in [0.15, 0.2) is 5.96 Å². The van der Waals surface area contributed by atoms with E-state index in [1.165, 1.54) is 38.9 Å². The van der Waals surface area contributed by atoms with Crippen molar-refractivity contribution >= 4 is 29.9 Å². The van der Waals surface area contributed by atoms with Gasteiger partial charge in [0.25, 0.3) is 0 Å². The minimum Gasteiger partial charge on any atom is -0.497 e. The second-order valence-electron chi connectivity index (χ2n) is 6.70. The van der Waals surface area contributed by atoms with Crippen LogP contribution in [-0.4, -0.2) is 58.3 Å². The molecule has 2 N–H and O–H groups in total. The van der Waals surface area contributed by atoms with E-state index in [1.807, 2.05) is 18.2 Å². The van der Waals surface area contributed by atoms with E-state index >= 15 is 0 Å². The summed E-state index contributed by atoms with van der Waals surface area (Å²) < 4.78 is 10.7. The maximum atomic E-state index is 5.45. The number of likely N-dealkylation sites (tertiary alicyclic amines) is 1. The summed E-state index contributed by atoms with van der Waals surface area (Å²) >= 11 is 0. The SMILES string of the molecule is CCN1CCC(CCNC(=NC)NCc2ccc(OC)cc2OC)CC1.I. The Balaban J connectivity index is 0.00000364. The number of guanidine groups is 1.